The largest absolute Gasteiger partial charge is 0.307 e. The van der Waals surface area contributed by atoms with Crippen LogP contribution in [0.25, 0.3) is 0 Å². The lowest BCUT2D eigenvalue weighted by Gasteiger charge is -2.22. The first-order chi connectivity index (χ1) is 9.74. The van der Waals surface area contributed by atoms with E-state index in [4.69, 9.17) is 0 Å². The fourth-order valence-electron chi connectivity index (χ4n) is 2.98. The van der Waals surface area contributed by atoms with Gasteiger partial charge in [-0.3, -0.25) is 9.48 Å². The topological polar surface area (TPSA) is 38.1 Å². The van der Waals surface area contributed by atoms with Crippen LogP contribution >= 0.6 is 0 Å². The van der Waals surface area contributed by atoms with Crippen LogP contribution in [0.5, 0.6) is 0 Å². The van der Waals surface area contributed by atoms with Gasteiger partial charge in [-0.15, -0.1) is 0 Å². The molecule has 2 heterocycles. The number of hydrogen-bond acceptors (Lipinski definition) is 2. The number of anilines is 1. The average molecular weight is 267 g/mol. The molecule has 0 N–H and O–H groups in total. The number of rotatable bonds is 1. The van der Waals surface area contributed by atoms with Crippen molar-refractivity contribution >= 4 is 11.6 Å². The number of fused-ring (bicyclic) bond motifs is 2. The summed E-state index contributed by atoms with van der Waals surface area (Å²) in [6, 6.07) is 8.24. The van der Waals surface area contributed by atoms with Gasteiger partial charge >= 0.3 is 0 Å². The molecule has 1 amide bonds. The van der Waals surface area contributed by atoms with Crippen molar-refractivity contribution in [3.8, 4) is 0 Å². The number of nitrogens with zero attached hydrogens (tertiary/aromatic N) is 3. The van der Waals surface area contributed by atoms with E-state index in [1.165, 1.54) is 11.3 Å². The number of benzene rings is 1. The second kappa shape index (κ2) is 4.20. The van der Waals surface area contributed by atoms with Crippen molar-refractivity contribution in [3.63, 3.8) is 0 Å². The van der Waals surface area contributed by atoms with E-state index in [9.17, 15) is 4.79 Å². The molecule has 4 rings (SSSR count). The Balaban J connectivity index is 1.84. The monoisotopic (exact) mass is 267 g/mol. The molecule has 1 aliphatic heterocycles. The van der Waals surface area contributed by atoms with Crippen LogP contribution < -0.4 is 4.90 Å². The second-order valence-electron chi connectivity index (χ2n) is 5.74. The van der Waals surface area contributed by atoms with Gasteiger partial charge in [-0.25, -0.2) is 0 Å². The molecule has 4 heteroatoms. The number of amides is 1. The first-order valence-electron chi connectivity index (χ1n) is 7.13. The summed E-state index contributed by atoms with van der Waals surface area (Å²) in [4.78, 5) is 14.6. The molecule has 102 valence electrons. The summed E-state index contributed by atoms with van der Waals surface area (Å²) in [5.41, 5.74) is 4.66. The minimum Gasteiger partial charge on any atom is -0.307 e. The van der Waals surface area contributed by atoms with Crippen LogP contribution in [0.2, 0.25) is 0 Å². The van der Waals surface area contributed by atoms with Crippen molar-refractivity contribution in [3.05, 3.63) is 47.3 Å². The van der Waals surface area contributed by atoms with E-state index < -0.39 is 0 Å². The maximum atomic E-state index is 12.6. The molecule has 2 aliphatic rings. The highest BCUT2D eigenvalue weighted by molar-refractivity contribution is 5.97. The fraction of sp³-hybridized carbons (Fsp3) is 0.375. The third-order valence-corrected chi connectivity index (χ3v) is 4.31. The van der Waals surface area contributed by atoms with Gasteiger partial charge < -0.3 is 4.90 Å². The Labute approximate surface area is 118 Å². The first-order valence-corrected chi connectivity index (χ1v) is 7.13. The minimum atomic E-state index is 0.237. The van der Waals surface area contributed by atoms with Crippen LogP contribution in [0.3, 0.4) is 0 Å². The fourth-order valence-corrected chi connectivity index (χ4v) is 2.98. The zero-order valence-electron chi connectivity index (χ0n) is 11.5. The Morgan fingerprint density at radius 3 is 2.85 bits per heavy atom. The smallest absolute Gasteiger partial charge is 0.230 e. The van der Waals surface area contributed by atoms with E-state index >= 15 is 0 Å². The zero-order chi connectivity index (χ0) is 13.7. The van der Waals surface area contributed by atoms with E-state index in [1.54, 1.807) is 0 Å². The van der Waals surface area contributed by atoms with Gasteiger partial charge in [-0.1, -0.05) is 18.2 Å². The predicted octanol–water partition coefficient (Wildman–Crippen LogP) is 2.27. The molecule has 0 atom stereocenters. The molecule has 0 spiro atoms. The van der Waals surface area contributed by atoms with Gasteiger partial charge in [0.1, 0.15) is 0 Å². The molecule has 1 aliphatic carbocycles. The summed E-state index contributed by atoms with van der Waals surface area (Å²) in [5, 5.41) is 4.35. The van der Waals surface area contributed by atoms with Crippen LogP contribution in [0, 0.1) is 5.92 Å². The highest BCUT2D eigenvalue weighted by Crippen LogP contribution is 2.36. The SMILES string of the molecule is Cn1ncc2c1Cc1ccccc1N(C(=O)C1CC1)C2. The summed E-state index contributed by atoms with van der Waals surface area (Å²) in [6.07, 6.45) is 4.82. The third kappa shape index (κ3) is 1.75. The van der Waals surface area contributed by atoms with Crippen molar-refractivity contribution < 1.29 is 4.79 Å². The van der Waals surface area contributed by atoms with Gasteiger partial charge in [-0.05, 0) is 24.5 Å². The van der Waals surface area contributed by atoms with Crippen molar-refractivity contribution in [1.82, 2.24) is 9.78 Å². The van der Waals surface area contributed by atoms with Crippen molar-refractivity contribution in [2.75, 3.05) is 4.90 Å². The molecule has 0 radical (unpaired) electrons. The molecule has 4 nitrogen and oxygen atoms in total. The molecular weight excluding hydrogens is 250 g/mol. The Morgan fingerprint density at radius 1 is 1.25 bits per heavy atom. The molecule has 1 fully saturated rings. The molecule has 0 saturated heterocycles. The number of aryl methyl sites for hydroxylation is 1. The van der Waals surface area contributed by atoms with Gasteiger partial charge in [0.15, 0.2) is 0 Å². The predicted molar refractivity (Wildman–Crippen MR) is 76.4 cm³/mol. The summed E-state index contributed by atoms with van der Waals surface area (Å²) < 4.78 is 1.93. The Hall–Kier alpha value is -2.10. The first kappa shape index (κ1) is 11.7. The van der Waals surface area contributed by atoms with Crippen molar-refractivity contribution in [1.29, 1.82) is 0 Å². The molecule has 1 saturated carbocycles. The molecule has 0 bridgehead atoms. The van der Waals surface area contributed by atoms with E-state index in [0.29, 0.717) is 6.54 Å². The summed E-state index contributed by atoms with van der Waals surface area (Å²) in [7, 11) is 1.97. The summed E-state index contributed by atoms with van der Waals surface area (Å²) >= 11 is 0. The highest BCUT2D eigenvalue weighted by atomic mass is 16.2. The summed E-state index contributed by atoms with van der Waals surface area (Å²) in [6.45, 7) is 0.648. The van der Waals surface area contributed by atoms with Gasteiger partial charge in [0.25, 0.3) is 0 Å². The quantitative estimate of drug-likeness (QED) is 0.795. The molecule has 20 heavy (non-hydrogen) atoms. The lowest BCUT2D eigenvalue weighted by Crippen LogP contribution is -2.31. The van der Waals surface area contributed by atoms with Crippen molar-refractivity contribution in [2.24, 2.45) is 13.0 Å². The lowest BCUT2D eigenvalue weighted by atomic mass is 10.1. The van der Waals surface area contributed by atoms with Gasteiger partial charge in [0.2, 0.25) is 5.91 Å². The Kier molecular flexibility index (Phi) is 2.46. The Morgan fingerprint density at radius 2 is 2.05 bits per heavy atom. The lowest BCUT2D eigenvalue weighted by molar-refractivity contribution is -0.119. The molecule has 2 aromatic rings. The van der Waals surface area contributed by atoms with Gasteiger partial charge in [0, 0.05) is 36.3 Å². The maximum Gasteiger partial charge on any atom is 0.230 e. The van der Waals surface area contributed by atoms with E-state index in [-0.39, 0.29) is 11.8 Å². The summed E-state index contributed by atoms with van der Waals surface area (Å²) in [5.74, 6) is 0.510. The van der Waals surface area contributed by atoms with Crippen LogP contribution in [0.15, 0.2) is 30.5 Å². The number of para-hydroxylation sites is 1. The molecule has 1 aromatic heterocycles. The standard InChI is InChI=1S/C16H17N3O/c1-18-15-8-12-4-2-3-5-14(12)19(10-13(15)9-17-18)16(20)11-6-7-11/h2-5,9,11H,6-8,10H2,1H3. The van der Waals surface area contributed by atoms with Crippen LogP contribution in [0.1, 0.15) is 29.7 Å². The normalized spacial score (nSPS) is 17.4. The zero-order valence-corrected chi connectivity index (χ0v) is 11.5. The minimum absolute atomic E-state index is 0.237. The number of carbonyl (C=O) groups excluding carboxylic acids is 1. The molecule has 0 unspecified atom stereocenters. The van der Waals surface area contributed by atoms with E-state index in [1.807, 2.05) is 35.0 Å². The van der Waals surface area contributed by atoms with Crippen LogP contribution in [0.4, 0.5) is 5.69 Å². The van der Waals surface area contributed by atoms with Gasteiger partial charge in [-0.2, -0.15) is 5.10 Å². The van der Waals surface area contributed by atoms with E-state index in [0.717, 1.165) is 30.5 Å². The van der Waals surface area contributed by atoms with Gasteiger partial charge in [0.05, 0.1) is 12.7 Å². The van der Waals surface area contributed by atoms with E-state index in [2.05, 4.69) is 17.2 Å². The number of hydrogen-bond donors (Lipinski definition) is 0. The molecule has 1 aromatic carbocycles. The van der Waals surface area contributed by atoms with Crippen LogP contribution in [-0.4, -0.2) is 15.7 Å². The van der Waals surface area contributed by atoms with Crippen molar-refractivity contribution in [2.45, 2.75) is 25.8 Å². The second-order valence-corrected chi connectivity index (χ2v) is 5.74. The third-order valence-electron chi connectivity index (χ3n) is 4.31. The highest BCUT2D eigenvalue weighted by Gasteiger charge is 2.36. The number of aromatic nitrogens is 2. The van der Waals surface area contributed by atoms with Crippen LogP contribution in [-0.2, 0) is 24.8 Å². The maximum absolute atomic E-state index is 12.6. The number of carbonyl (C=O) groups is 1. The average Bonchev–Trinajstić information content (AvgIpc) is 3.26. The molecular formula is C16H17N3O. The Bertz CT molecular complexity index is 685.